The smallest absolute Gasteiger partial charge is 0.161 e. The summed E-state index contributed by atoms with van der Waals surface area (Å²) in [5.74, 6) is 1.25. The summed E-state index contributed by atoms with van der Waals surface area (Å²) >= 11 is 0. The number of para-hydroxylation sites is 2. The molecule has 1 heterocycles. The highest BCUT2D eigenvalue weighted by atomic mass is 19.1. The van der Waals surface area contributed by atoms with E-state index in [1.165, 1.54) is 6.07 Å². The minimum absolute atomic E-state index is 0.0459. The van der Waals surface area contributed by atoms with Crippen LogP contribution in [-0.4, -0.2) is 44.4 Å². The molecule has 1 atom stereocenters. The maximum Gasteiger partial charge on any atom is 0.161 e. The second kappa shape index (κ2) is 8.13. The van der Waals surface area contributed by atoms with E-state index < -0.39 is 0 Å². The number of methoxy groups -OCH3 is 1. The van der Waals surface area contributed by atoms with E-state index in [1.54, 1.807) is 13.2 Å². The predicted octanol–water partition coefficient (Wildman–Crippen LogP) is 3.11. The maximum absolute atomic E-state index is 13.8. The fourth-order valence-electron chi connectivity index (χ4n) is 2.81. The number of hydrogen-bond donors (Lipinski definition) is 0. The quantitative estimate of drug-likeness (QED) is 0.814. The lowest BCUT2D eigenvalue weighted by Crippen LogP contribution is -2.44. The molecule has 5 heteroatoms. The van der Waals surface area contributed by atoms with Gasteiger partial charge in [-0.15, -0.1) is 0 Å². The average molecular weight is 331 g/mol. The van der Waals surface area contributed by atoms with E-state index in [0.29, 0.717) is 43.4 Å². The number of benzene rings is 2. The van der Waals surface area contributed by atoms with Crippen molar-refractivity contribution < 1.29 is 18.6 Å². The zero-order valence-electron chi connectivity index (χ0n) is 13.8. The number of nitrogens with zero attached hydrogens (tertiary/aromatic N) is 1. The Hall–Kier alpha value is -2.11. The first-order valence-corrected chi connectivity index (χ1v) is 8.09. The third-order valence-corrected chi connectivity index (χ3v) is 4.07. The van der Waals surface area contributed by atoms with Gasteiger partial charge in [-0.05, 0) is 18.2 Å². The van der Waals surface area contributed by atoms with Crippen molar-refractivity contribution in [3.8, 4) is 11.5 Å². The average Bonchev–Trinajstić information content (AvgIpc) is 2.62. The Morgan fingerprint density at radius 1 is 1.12 bits per heavy atom. The van der Waals surface area contributed by atoms with Crippen LogP contribution >= 0.6 is 0 Å². The van der Waals surface area contributed by atoms with Crippen LogP contribution in [0.4, 0.5) is 4.39 Å². The Kier molecular flexibility index (Phi) is 5.67. The van der Waals surface area contributed by atoms with Crippen molar-refractivity contribution in [3.05, 3.63) is 59.9 Å². The van der Waals surface area contributed by atoms with E-state index in [9.17, 15) is 4.39 Å². The van der Waals surface area contributed by atoms with Crippen molar-refractivity contribution in [2.24, 2.45) is 0 Å². The van der Waals surface area contributed by atoms with Gasteiger partial charge in [0.15, 0.2) is 11.5 Å². The van der Waals surface area contributed by atoms with Crippen molar-refractivity contribution >= 4 is 0 Å². The zero-order valence-corrected chi connectivity index (χ0v) is 13.8. The molecule has 0 spiro atoms. The van der Waals surface area contributed by atoms with Gasteiger partial charge in [-0.25, -0.2) is 4.39 Å². The van der Waals surface area contributed by atoms with E-state index in [0.717, 1.165) is 6.54 Å². The molecule has 0 aliphatic carbocycles. The standard InChI is InChI=1S/C19H22FNO3/c1-22-18-8-4-5-9-19(18)24-14-16-13-21(10-11-23-16)12-15-6-2-3-7-17(15)20/h2-9,16H,10-14H2,1H3. The molecule has 24 heavy (non-hydrogen) atoms. The molecule has 0 amide bonds. The highest BCUT2D eigenvalue weighted by molar-refractivity contribution is 5.39. The van der Waals surface area contributed by atoms with Crippen LogP contribution in [0, 0.1) is 5.82 Å². The molecule has 2 aromatic rings. The van der Waals surface area contributed by atoms with Crippen molar-refractivity contribution in [3.63, 3.8) is 0 Å². The summed E-state index contributed by atoms with van der Waals surface area (Å²) in [5, 5.41) is 0. The van der Waals surface area contributed by atoms with E-state index in [4.69, 9.17) is 14.2 Å². The van der Waals surface area contributed by atoms with Crippen LogP contribution in [0.25, 0.3) is 0 Å². The molecule has 1 fully saturated rings. The molecule has 1 aliphatic heterocycles. The van der Waals surface area contributed by atoms with Gasteiger partial charge in [0.2, 0.25) is 0 Å². The van der Waals surface area contributed by atoms with Crippen LogP contribution < -0.4 is 9.47 Å². The molecule has 0 radical (unpaired) electrons. The fraction of sp³-hybridized carbons (Fsp3) is 0.368. The second-order valence-electron chi connectivity index (χ2n) is 5.78. The summed E-state index contributed by atoms with van der Waals surface area (Å²) < 4.78 is 30.7. The largest absolute Gasteiger partial charge is 0.493 e. The SMILES string of the molecule is COc1ccccc1OCC1CN(Cc2ccccc2F)CCO1. The molecule has 1 aliphatic rings. The van der Waals surface area contributed by atoms with E-state index in [2.05, 4.69) is 4.90 Å². The van der Waals surface area contributed by atoms with Crippen LogP contribution in [-0.2, 0) is 11.3 Å². The minimum Gasteiger partial charge on any atom is -0.493 e. The molecule has 128 valence electrons. The van der Waals surface area contributed by atoms with Crippen LogP contribution in [0.2, 0.25) is 0 Å². The van der Waals surface area contributed by atoms with Crippen molar-refractivity contribution in [2.75, 3.05) is 33.4 Å². The molecular formula is C19H22FNO3. The third kappa shape index (κ3) is 4.24. The van der Waals surface area contributed by atoms with Crippen molar-refractivity contribution in [1.82, 2.24) is 4.90 Å². The van der Waals surface area contributed by atoms with Gasteiger partial charge in [0.1, 0.15) is 18.5 Å². The van der Waals surface area contributed by atoms with E-state index >= 15 is 0 Å². The van der Waals surface area contributed by atoms with Gasteiger partial charge in [0.25, 0.3) is 0 Å². The van der Waals surface area contributed by atoms with Crippen LogP contribution in [0.15, 0.2) is 48.5 Å². The van der Waals surface area contributed by atoms with Crippen LogP contribution in [0.3, 0.4) is 0 Å². The molecule has 1 unspecified atom stereocenters. The van der Waals surface area contributed by atoms with Crippen molar-refractivity contribution in [2.45, 2.75) is 12.6 Å². The predicted molar refractivity (Wildman–Crippen MR) is 89.9 cm³/mol. The number of hydrogen-bond acceptors (Lipinski definition) is 4. The Bertz CT molecular complexity index is 665. The van der Waals surface area contributed by atoms with Gasteiger partial charge >= 0.3 is 0 Å². The molecule has 0 aromatic heterocycles. The lowest BCUT2D eigenvalue weighted by atomic mass is 10.2. The summed E-state index contributed by atoms with van der Waals surface area (Å²) in [6, 6.07) is 14.4. The first kappa shape index (κ1) is 16.7. The molecule has 0 N–H and O–H groups in total. The molecule has 3 rings (SSSR count). The summed E-state index contributed by atoms with van der Waals surface area (Å²) in [7, 11) is 1.62. The van der Waals surface area contributed by atoms with Crippen LogP contribution in [0.1, 0.15) is 5.56 Å². The molecule has 4 nitrogen and oxygen atoms in total. The Balaban J connectivity index is 1.55. The minimum atomic E-state index is -0.161. The molecule has 2 aromatic carbocycles. The first-order valence-electron chi connectivity index (χ1n) is 8.09. The highest BCUT2D eigenvalue weighted by Crippen LogP contribution is 2.26. The maximum atomic E-state index is 13.8. The van der Waals surface area contributed by atoms with E-state index in [1.807, 2.05) is 36.4 Å². The Labute approximate surface area is 141 Å². The van der Waals surface area contributed by atoms with Gasteiger partial charge in [-0.2, -0.15) is 0 Å². The fourth-order valence-corrected chi connectivity index (χ4v) is 2.81. The monoisotopic (exact) mass is 331 g/mol. The highest BCUT2D eigenvalue weighted by Gasteiger charge is 2.22. The van der Waals surface area contributed by atoms with Gasteiger partial charge in [-0.3, -0.25) is 4.90 Å². The molecule has 1 saturated heterocycles. The summed E-state index contributed by atoms with van der Waals surface area (Å²) in [6.45, 7) is 3.15. The molecular weight excluding hydrogens is 309 g/mol. The number of morpholine rings is 1. The summed E-state index contributed by atoms with van der Waals surface area (Å²) in [4.78, 5) is 2.19. The lowest BCUT2D eigenvalue weighted by molar-refractivity contribution is -0.0508. The third-order valence-electron chi connectivity index (χ3n) is 4.07. The normalized spacial score (nSPS) is 18.3. The number of rotatable bonds is 6. The number of ether oxygens (including phenoxy) is 3. The zero-order chi connectivity index (χ0) is 16.8. The molecule has 0 saturated carbocycles. The van der Waals surface area contributed by atoms with Gasteiger partial charge < -0.3 is 14.2 Å². The second-order valence-corrected chi connectivity index (χ2v) is 5.78. The number of halogens is 1. The van der Waals surface area contributed by atoms with Crippen LogP contribution in [0.5, 0.6) is 11.5 Å². The van der Waals surface area contributed by atoms with Gasteiger partial charge in [0, 0.05) is 25.2 Å². The van der Waals surface area contributed by atoms with E-state index in [-0.39, 0.29) is 11.9 Å². The Morgan fingerprint density at radius 2 is 1.88 bits per heavy atom. The van der Waals surface area contributed by atoms with Crippen molar-refractivity contribution in [1.29, 1.82) is 0 Å². The topological polar surface area (TPSA) is 30.9 Å². The van der Waals surface area contributed by atoms with Gasteiger partial charge in [-0.1, -0.05) is 30.3 Å². The van der Waals surface area contributed by atoms with Gasteiger partial charge in [0.05, 0.1) is 13.7 Å². The lowest BCUT2D eigenvalue weighted by Gasteiger charge is -2.32. The molecule has 0 bridgehead atoms. The first-order chi connectivity index (χ1) is 11.8. The summed E-state index contributed by atoms with van der Waals surface area (Å²) in [5.41, 5.74) is 0.712. The summed E-state index contributed by atoms with van der Waals surface area (Å²) in [6.07, 6.45) is -0.0459. The Morgan fingerprint density at radius 3 is 2.67 bits per heavy atom.